The number of fused-ring (bicyclic) bond motifs is 3. The van der Waals surface area contributed by atoms with Gasteiger partial charge in [0, 0.05) is 0 Å². The molecule has 2 aromatic rings. The number of nitrogens with zero attached hydrogens (tertiary/aromatic N) is 1. The molecule has 0 aliphatic carbocycles. The van der Waals surface area contributed by atoms with Crippen molar-refractivity contribution in [2.24, 2.45) is 0 Å². The van der Waals surface area contributed by atoms with E-state index in [1.165, 1.54) is 29.9 Å². The maximum atomic E-state index is 13.1. The Balaban J connectivity index is 1.59. The van der Waals surface area contributed by atoms with E-state index in [9.17, 15) is 4.39 Å². The predicted molar refractivity (Wildman–Crippen MR) is 69.5 cm³/mol. The van der Waals surface area contributed by atoms with E-state index in [-0.39, 0.29) is 5.82 Å². The minimum Gasteiger partial charge on any atom is -0.373 e. The van der Waals surface area contributed by atoms with Crippen LogP contribution in [0.2, 0.25) is 0 Å². The zero-order valence-corrected chi connectivity index (χ0v) is 10.5. The third-order valence-corrected chi connectivity index (χ3v) is 4.71. The van der Waals surface area contributed by atoms with Crippen LogP contribution in [0.5, 0.6) is 0 Å². The number of thiazole rings is 1. The minimum absolute atomic E-state index is 0.207. The van der Waals surface area contributed by atoms with Crippen LogP contribution in [0.3, 0.4) is 0 Å². The second kappa shape index (κ2) is 3.90. The molecule has 4 rings (SSSR count). The van der Waals surface area contributed by atoms with E-state index in [2.05, 4.69) is 10.3 Å². The van der Waals surface area contributed by atoms with E-state index in [0.29, 0.717) is 18.2 Å². The number of benzene rings is 1. The molecule has 1 aromatic heterocycles. The summed E-state index contributed by atoms with van der Waals surface area (Å²) >= 11 is 1.51. The molecule has 18 heavy (non-hydrogen) atoms. The van der Waals surface area contributed by atoms with Gasteiger partial charge in [-0.1, -0.05) is 11.3 Å². The van der Waals surface area contributed by atoms with Gasteiger partial charge >= 0.3 is 0 Å². The molecule has 2 aliphatic heterocycles. The molecule has 2 aliphatic rings. The summed E-state index contributed by atoms with van der Waals surface area (Å²) in [5.41, 5.74) is 0.855. The maximum Gasteiger partial charge on any atom is 0.184 e. The summed E-state index contributed by atoms with van der Waals surface area (Å²) in [6.07, 6.45) is 4.16. The fraction of sp³-hybridized carbons (Fsp3) is 0.462. The summed E-state index contributed by atoms with van der Waals surface area (Å²) < 4.78 is 19.8. The molecule has 1 N–H and O–H groups in total. The third-order valence-electron chi connectivity index (χ3n) is 3.77. The first kappa shape index (κ1) is 10.7. The molecular weight excluding hydrogens is 251 g/mol. The van der Waals surface area contributed by atoms with Crippen molar-refractivity contribution in [1.29, 1.82) is 0 Å². The van der Waals surface area contributed by atoms with Crippen molar-refractivity contribution in [1.82, 2.24) is 4.98 Å². The van der Waals surface area contributed by atoms with E-state index >= 15 is 0 Å². The predicted octanol–water partition coefficient (Wildman–Crippen LogP) is 3.17. The van der Waals surface area contributed by atoms with Crippen molar-refractivity contribution in [2.75, 3.05) is 5.32 Å². The highest BCUT2D eigenvalue weighted by molar-refractivity contribution is 7.22. The summed E-state index contributed by atoms with van der Waals surface area (Å²) in [6, 6.07) is 5.08. The largest absolute Gasteiger partial charge is 0.373 e. The van der Waals surface area contributed by atoms with Crippen LogP contribution in [0, 0.1) is 5.82 Å². The summed E-state index contributed by atoms with van der Waals surface area (Å²) in [4.78, 5) is 4.49. The average Bonchev–Trinajstić information content (AvgIpc) is 3.02. The lowest BCUT2D eigenvalue weighted by Gasteiger charge is -2.19. The molecule has 5 heteroatoms. The minimum atomic E-state index is -0.207. The normalized spacial score (nSPS) is 30.2. The van der Waals surface area contributed by atoms with Crippen LogP contribution in [0.4, 0.5) is 9.52 Å². The van der Waals surface area contributed by atoms with E-state index in [4.69, 9.17) is 4.74 Å². The number of hydrogen-bond acceptors (Lipinski definition) is 4. The van der Waals surface area contributed by atoms with Gasteiger partial charge in [-0.05, 0) is 37.5 Å². The SMILES string of the molecule is Fc1ccc2nc(NC3CC4CCC3O4)sc2c1. The van der Waals surface area contributed by atoms with E-state index in [1.54, 1.807) is 6.07 Å². The first-order valence-corrected chi connectivity index (χ1v) is 7.08. The highest BCUT2D eigenvalue weighted by Crippen LogP contribution is 2.37. The third kappa shape index (κ3) is 1.69. The van der Waals surface area contributed by atoms with Crippen LogP contribution in [0.15, 0.2) is 18.2 Å². The van der Waals surface area contributed by atoms with Gasteiger partial charge in [-0.25, -0.2) is 9.37 Å². The van der Waals surface area contributed by atoms with Crippen molar-refractivity contribution in [3.63, 3.8) is 0 Å². The Morgan fingerprint density at radius 3 is 3.11 bits per heavy atom. The lowest BCUT2D eigenvalue weighted by molar-refractivity contribution is 0.102. The van der Waals surface area contributed by atoms with Crippen molar-refractivity contribution in [3.8, 4) is 0 Å². The number of rotatable bonds is 2. The van der Waals surface area contributed by atoms with Crippen molar-refractivity contribution in [2.45, 2.75) is 37.5 Å². The Kier molecular flexibility index (Phi) is 2.32. The number of anilines is 1. The summed E-state index contributed by atoms with van der Waals surface area (Å²) in [5, 5.41) is 4.31. The fourth-order valence-corrected chi connectivity index (χ4v) is 3.86. The second-order valence-electron chi connectivity index (χ2n) is 4.99. The molecule has 2 saturated heterocycles. The van der Waals surface area contributed by atoms with E-state index in [1.807, 2.05) is 0 Å². The molecule has 2 fully saturated rings. The molecule has 2 bridgehead atoms. The monoisotopic (exact) mass is 264 g/mol. The van der Waals surface area contributed by atoms with Crippen LogP contribution in [-0.2, 0) is 4.74 Å². The van der Waals surface area contributed by atoms with Gasteiger partial charge < -0.3 is 10.1 Å². The van der Waals surface area contributed by atoms with Crippen LogP contribution in [0.25, 0.3) is 10.2 Å². The van der Waals surface area contributed by atoms with Crippen LogP contribution < -0.4 is 5.32 Å². The zero-order valence-electron chi connectivity index (χ0n) is 9.73. The molecule has 0 saturated carbocycles. The highest BCUT2D eigenvalue weighted by atomic mass is 32.1. The molecule has 3 atom stereocenters. The molecule has 0 amide bonds. The summed E-state index contributed by atoms with van der Waals surface area (Å²) in [5.74, 6) is -0.207. The fourth-order valence-electron chi connectivity index (χ4n) is 2.91. The van der Waals surface area contributed by atoms with Crippen LogP contribution >= 0.6 is 11.3 Å². The average molecular weight is 264 g/mol. The Morgan fingerprint density at radius 1 is 1.39 bits per heavy atom. The van der Waals surface area contributed by atoms with E-state index < -0.39 is 0 Å². The van der Waals surface area contributed by atoms with Crippen molar-refractivity contribution < 1.29 is 9.13 Å². The number of halogens is 1. The molecule has 1 aromatic carbocycles. The quantitative estimate of drug-likeness (QED) is 0.904. The zero-order chi connectivity index (χ0) is 12.1. The van der Waals surface area contributed by atoms with Gasteiger partial charge in [0.1, 0.15) is 5.82 Å². The van der Waals surface area contributed by atoms with Gasteiger partial charge in [-0.15, -0.1) is 0 Å². The molecule has 3 unspecified atom stereocenters. The van der Waals surface area contributed by atoms with Crippen LogP contribution in [0.1, 0.15) is 19.3 Å². The lowest BCUT2D eigenvalue weighted by atomic mass is 9.96. The van der Waals surface area contributed by atoms with Crippen molar-refractivity contribution in [3.05, 3.63) is 24.0 Å². The molecule has 0 spiro atoms. The van der Waals surface area contributed by atoms with Gasteiger partial charge in [-0.3, -0.25) is 0 Å². The number of hydrogen-bond donors (Lipinski definition) is 1. The maximum absolute atomic E-state index is 13.1. The topological polar surface area (TPSA) is 34.2 Å². The van der Waals surface area contributed by atoms with Gasteiger partial charge in [0.15, 0.2) is 5.13 Å². The van der Waals surface area contributed by atoms with Gasteiger partial charge in [0.05, 0.1) is 28.5 Å². The number of ether oxygens (including phenoxy) is 1. The number of nitrogens with one attached hydrogen (secondary N) is 1. The summed E-state index contributed by atoms with van der Waals surface area (Å²) in [6.45, 7) is 0. The molecule has 0 radical (unpaired) electrons. The number of aromatic nitrogens is 1. The molecule has 94 valence electrons. The first-order chi connectivity index (χ1) is 8.78. The molecular formula is C13H13FN2OS. The van der Waals surface area contributed by atoms with Crippen LogP contribution in [-0.4, -0.2) is 23.2 Å². The molecule has 3 heterocycles. The smallest absolute Gasteiger partial charge is 0.184 e. The molecule has 3 nitrogen and oxygen atoms in total. The Hall–Kier alpha value is -1.20. The highest BCUT2D eigenvalue weighted by Gasteiger charge is 2.40. The lowest BCUT2D eigenvalue weighted by Crippen LogP contribution is -2.30. The second-order valence-corrected chi connectivity index (χ2v) is 6.02. The first-order valence-electron chi connectivity index (χ1n) is 6.26. The van der Waals surface area contributed by atoms with Crippen molar-refractivity contribution >= 4 is 26.7 Å². The standard InChI is InChI=1S/C13H13FN2OS/c14-7-1-3-9-12(5-7)18-13(15-9)16-10-6-8-2-4-11(10)17-8/h1,3,5,8,10-11H,2,4,6H2,(H,15,16). The van der Waals surface area contributed by atoms with Gasteiger partial charge in [-0.2, -0.15) is 0 Å². The Bertz CT molecular complexity index is 600. The van der Waals surface area contributed by atoms with Gasteiger partial charge in [0.2, 0.25) is 0 Å². The Morgan fingerprint density at radius 2 is 2.33 bits per heavy atom. The summed E-state index contributed by atoms with van der Waals surface area (Å²) in [7, 11) is 0. The van der Waals surface area contributed by atoms with Gasteiger partial charge in [0.25, 0.3) is 0 Å². The van der Waals surface area contributed by atoms with E-state index in [0.717, 1.165) is 28.2 Å². The Labute approximate surface area is 108 Å².